The van der Waals surface area contributed by atoms with Crippen molar-refractivity contribution in [1.82, 2.24) is 9.88 Å². The van der Waals surface area contributed by atoms with Gasteiger partial charge in [-0.2, -0.15) is 0 Å². The molecule has 1 saturated heterocycles. The molecule has 152 valence electrons. The molecule has 1 fully saturated rings. The zero-order valence-electron chi connectivity index (χ0n) is 18.0. The van der Waals surface area contributed by atoms with Crippen LogP contribution in [0.15, 0.2) is 29.8 Å². The van der Waals surface area contributed by atoms with E-state index in [0.717, 1.165) is 33.0 Å². The standard InChI is InChI=1S/C23H27N3O3/c1-13-8-14(2)10-18(9-13)25-21(28)19(20(27)24-22(25)29)12-17-11-15(3)26(16(17)4)23(5,6)7/h8-12H,1-7H3,(H,24,27,29)/b19-12+. The summed E-state index contributed by atoms with van der Waals surface area (Å²) in [6.45, 7) is 14.0. The average Bonchev–Trinajstić information content (AvgIpc) is 2.83. The highest BCUT2D eigenvalue weighted by molar-refractivity contribution is 6.39. The number of imide groups is 2. The van der Waals surface area contributed by atoms with E-state index in [1.807, 2.05) is 39.8 Å². The first kappa shape index (κ1) is 20.6. The summed E-state index contributed by atoms with van der Waals surface area (Å²) in [5.41, 5.74) is 4.89. The van der Waals surface area contributed by atoms with Gasteiger partial charge >= 0.3 is 6.03 Å². The van der Waals surface area contributed by atoms with Crippen molar-refractivity contribution in [3.63, 3.8) is 0 Å². The number of barbiturate groups is 1. The van der Waals surface area contributed by atoms with E-state index in [1.54, 1.807) is 18.2 Å². The Morgan fingerprint density at radius 2 is 1.48 bits per heavy atom. The molecule has 0 aliphatic carbocycles. The lowest BCUT2D eigenvalue weighted by Gasteiger charge is -2.27. The van der Waals surface area contributed by atoms with Crippen LogP contribution in [0.2, 0.25) is 0 Å². The third-order valence-corrected chi connectivity index (χ3v) is 5.01. The number of rotatable bonds is 2. The number of carbonyl (C=O) groups is 3. The Bertz CT molecular complexity index is 1050. The van der Waals surface area contributed by atoms with Crippen molar-refractivity contribution in [3.8, 4) is 0 Å². The van der Waals surface area contributed by atoms with E-state index in [-0.39, 0.29) is 11.1 Å². The first-order valence-electron chi connectivity index (χ1n) is 9.59. The average molecular weight is 393 g/mol. The summed E-state index contributed by atoms with van der Waals surface area (Å²) in [6, 6.07) is 6.68. The van der Waals surface area contributed by atoms with E-state index in [1.165, 1.54) is 0 Å². The van der Waals surface area contributed by atoms with E-state index in [2.05, 4.69) is 30.7 Å². The third-order valence-electron chi connectivity index (χ3n) is 5.01. The zero-order valence-corrected chi connectivity index (χ0v) is 18.0. The second-order valence-electron chi connectivity index (χ2n) is 8.64. The van der Waals surface area contributed by atoms with Crippen LogP contribution in [0.5, 0.6) is 0 Å². The fourth-order valence-corrected chi connectivity index (χ4v) is 4.09. The molecule has 1 aliphatic rings. The SMILES string of the molecule is Cc1cc(C)cc(N2C(=O)NC(=O)/C(=C\c3cc(C)n(C(C)(C)C)c3C)C2=O)c1. The van der Waals surface area contributed by atoms with Crippen LogP contribution in [0.4, 0.5) is 10.5 Å². The molecule has 3 rings (SSSR count). The third kappa shape index (κ3) is 3.75. The quantitative estimate of drug-likeness (QED) is 0.616. The summed E-state index contributed by atoms with van der Waals surface area (Å²) in [4.78, 5) is 39.1. The molecule has 0 bridgehead atoms. The van der Waals surface area contributed by atoms with Gasteiger partial charge in [0.2, 0.25) is 0 Å². The van der Waals surface area contributed by atoms with Crippen molar-refractivity contribution in [2.45, 2.75) is 54.0 Å². The molecule has 1 aromatic heterocycles. The highest BCUT2D eigenvalue weighted by Gasteiger charge is 2.37. The number of nitrogens with one attached hydrogen (secondary N) is 1. The molecular formula is C23H27N3O3. The summed E-state index contributed by atoms with van der Waals surface area (Å²) in [7, 11) is 0. The Kier molecular flexibility index (Phi) is 4.99. The maximum Gasteiger partial charge on any atom is 0.335 e. The van der Waals surface area contributed by atoms with Gasteiger partial charge in [0.05, 0.1) is 5.69 Å². The fraction of sp³-hybridized carbons (Fsp3) is 0.348. The van der Waals surface area contributed by atoms with Gasteiger partial charge in [0, 0.05) is 16.9 Å². The number of amides is 4. The van der Waals surface area contributed by atoms with Crippen molar-refractivity contribution < 1.29 is 14.4 Å². The minimum Gasteiger partial charge on any atom is -0.343 e. The Morgan fingerprint density at radius 1 is 0.897 bits per heavy atom. The van der Waals surface area contributed by atoms with Gasteiger partial charge < -0.3 is 4.57 Å². The van der Waals surface area contributed by atoms with Crippen LogP contribution in [0.1, 0.15) is 48.8 Å². The molecule has 0 unspecified atom stereocenters. The highest BCUT2D eigenvalue weighted by atomic mass is 16.2. The topological polar surface area (TPSA) is 71.4 Å². The molecule has 2 aromatic rings. The van der Waals surface area contributed by atoms with Crippen LogP contribution >= 0.6 is 0 Å². The zero-order chi connectivity index (χ0) is 21.7. The number of aromatic nitrogens is 1. The Morgan fingerprint density at radius 3 is 2.00 bits per heavy atom. The van der Waals surface area contributed by atoms with Crippen molar-refractivity contribution in [2.75, 3.05) is 4.90 Å². The van der Waals surface area contributed by atoms with Gasteiger partial charge in [-0.25, -0.2) is 9.69 Å². The second kappa shape index (κ2) is 7.03. The molecule has 1 N–H and O–H groups in total. The molecule has 6 nitrogen and oxygen atoms in total. The summed E-state index contributed by atoms with van der Waals surface area (Å²) >= 11 is 0. The number of hydrogen-bond donors (Lipinski definition) is 1. The second-order valence-corrected chi connectivity index (χ2v) is 8.64. The van der Waals surface area contributed by atoms with Gasteiger partial charge in [0.15, 0.2) is 0 Å². The van der Waals surface area contributed by atoms with E-state index < -0.39 is 17.8 Å². The molecule has 0 atom stereocenters. The maximum atomic E-state index is 13.1. The number of anilines is 1. The molecule has 0 spiro atoms. The van der Waals surface area contributed by atoms with Crippen LogP contribution in [0.25, 0.3) is 6.08 Å². The van der Waals surface area contributed by atoms with Gasteiger partial charge in [-0.3, -0.25) is 14.9 Å². The molecular weight excluding hydrogens is 366 g/mol. The number of aryl methyl sites for hydroxylation is 3. The van der Waals surface area contributed by atoms with Crippen LogP contribution in [0, 0.1) is 27.7 Å². The van der Waals surface area contributed by atoms with E-state index in [4.69, 9.17) is 0 Å². The predicted molar refractivity (Wildman–Crippen MR) is 114 cm³/mol. The molecule has 1 aliphatic heterocycles. The molecule has 6 heteroatoms. The first-order chi connectivity index (χ1) is 13.4. The molecule has 29 heavy (non-hydrogen) atoms. The summed E-state index contributed by atoms with van der Waals surface area (Å²) in [5.74, 6) is -1.30. The number of benzene rings is 1. The van der Waals surface area contributed by atoms with Crippen molar-refractivity contribution in [2.24, 2.45) is 0 Å². The van der Waals surface area contributed by atoms with Crippen LogP contribution < -0.4 is 10.2 Å². The summed E-state index contributed by atoms with van der Waals surface area (Å²) in [5, 5.41) is 2.29. The van der Waals surface area contributed by atoms with E-state index in [9.17, 15) is 14.4 Å². The van der Waals surface area contributed by atoms with Gasteiger partial charge in [-0.15, -0.1) is 0 Å². The largest absolute Gasteiger partial charge is 0.343 e. The van der Waals surface area contributed by atoms with Crippen molar-refractivity contribution in [3.05, 3.63) is 57.9 Å². The maximum absolute atomic E-state index is 13.1. The molecule has 4 amide bonds. The lowest BCUT2D eigenvalue weighted by molar-refractivity contribution is -0.122. The summed E-state index contributed by atoms with van der Waals surface area (Å²) in [6.07, 6.45) is 1.57. The molecule has 0 radical (unpaired) electrons. The van der Waals surface area contributed by atoms with Crippen LogP contribution in [-0.4, -0.2) is 22.4 Å². The first-order valence-corrected chi connectivity index (χ1v) is 9.59. The summed E-state index contributed by atoms with van der Waals surface area (Å²) < 4.78 is 2.16. The van der Waals surface area contributed by atoms with Gasteiger partial charge in [0.25, 0.3) is 11.8 Å². The fourth-order valence-electron chi connectivity index (χ4n) is 4.09. The molecule has 1 aromatic carbocycles. The highest BCUT2D eigenvalue weighted by Crippen LogP contribution is 2.28. The number of carbonyl (C=O) groups excluding carboxylic acids is 3. The van der Waals surface area contributed by atoms with Crippen LogP contribution in [-0.2, 0) is 15.1 Å². The van der Waals surface area contributed by atoms with E-state index in [0.29, 0.717) is 5.69 Å². The Hall–Kier alpha value is -3.15. The number of hydrogen-bond acceptors (Lipinski definition) is 3. The van der Waals surface area contributed by atoms with Crippen LogP contribution in [0.3, 0.4) is 0 Å². The lowest BCUT2D eigenvalue weighted by atomic mass is 10.1. The molecule has 2 heterocycles. The minimum absolute atomic E-state index is 0.0575. The Labute approximate surface area is 171 Å². The minimum atomic E-state index is -0.734. The van der Waals surface area contributed by atoms with Gasteiger partial charge in [-0.05, 0) is 89.4 Å². The van der Waals surface area contributed by atoms with Crippen molar-refractivity contribution >= 4 is 29.6 Å². The van der Waals surface area contributed by atoms with Crippen molar-refractivity contribution in [1.29, 1.82) is 0 Å². The van der Waals surface area contributed by atoms with E-state index >= 15 is 0 Å². The predicted octanol–water partition coefficient (Wildman–Crippen LogP) is 4.14. The Balaban J connectivity index is 2.09. The van der Waals surface area contributed by atoms with Gasteiger partial charge in [0.1, 0.15) is 5.57 Å². The number of urea groups is 1. The smallest absolute Gasteiger partial charge is 0.335 e. The lowest BCUT2D eigenvalue weighted by Crippen LogP contribution is -2.54. The molecule has 0 saturated carbocycles. The normalized spacial score (nSPS) is 16.6. The monoisotopic (exact) mass is 393 g/mol. The van der Waals surface area contributed by atoms with Gasteiger partial charge in [-0.1, -0.05) is 6.07 Å². The number of nitrogens with zero attached hydrogens (tertiary/aromatic N) is 2.